The number of amides is 1. The first-order valence-electron chi connectivity index (χ1n) is 10.4. The molecule has 1 saturated carbocycles. The Bertz CT molecular complexity index is 788. The van der Waals surface area contributed by atoms with Crippen LogP contribution >= 0.6 is 0 Å². The van der Waals surface area contributed by atoms with E-state index in [1.165, 1.54) is 19.3 Å². The lowest BCUT2D eigenvalue weighted by molar-refractivity contribution is 0.0555. The lowest BCUT2D eigenvalue weighted by atomic mass is 9.93. The molecule has 0 radical (unpaired) electrons. The Balaban J connectivity index is 1.74. The van der Waals surface area contributed by atoms with Gasteiger partial charge in [-0.3, -0.25) is 4.79 Å². The van der Waals surface area contributed by atoms with E-state index in [1.807, 2.05) is 24.3 Å². The molecule has 1 aliphatic rings. The van der Waals surface area contributed by atoms with Crippen molar-refractivity contribution in [1.29, 1.82) is 0 Å². The minimum atomic E-state index is 0.0986. The van der Waals surface area contributed by atoms with Crippen molar-refractivity contribution in [2.45, 2.75) is 58.0 Å². The summed E-state index contributed by atoms with van der Waals surface area (Å²) in [5.41, 5.74) is 0.694. The molecular weight excluding hydrogens is 366 g/mol. The Morgan fingerprint density at radius 1 is 0.862 bits per heavy atom. The molecule has 156 valence electrons. The van der Waals surface area contributed by atoms with E-state index in [0.717, 1.165) is 12.8 Å². The average Bonchev–Trinajstić information content (AvgIpc) is 2.74. The summed E-state index contributed by atoms with van der Waals surface area (Å²) in [5.74, 6) is 2.69. The number of carbonyl (C=O) groups excluding carboxylic acids is 1. The van der Waals surface area contributed by atoms with Gasteiger partial charge in [0, 0.05) is 35.8 Å². The van der Waals surface area contributed by atoms with Crippen LogP contribution in [-0.4, -0.2) is 37.1 Å². The highest BCUT2D eigenvalue weighted by molar-refractivity contribution is 5.94. The largest absolute Gasteiger partial charge is 0.496 e. The second kappa shape index (κ2) is 9.68. The van der Waals surface area contributed by atoms with Crippen molar-refractivity contribution in [3.63, 3.8) is 0 Å². The zero-order chi connectivity index (χ0) is 20.8. The number of carbonyl (C=O) groups is 1. The highest BCUT2D eigenvalue weighted by Crippen LogP contribution is 2.31. The van der Waals surface area contributed by atoms with Crippen LogP contribution in [-0.2, 0) is 0 Å². The van der Waals surface area contributed by atoms with E-state index in [2.05, 4.69) is 18.7 Å². The average molecular weight is 398 g/mol. The van der Waals surface area contributed by atoms with Gasteiger partial charge in [-0.15, -0.1) is 0 Å². The zero-order valence-electron chi connectivity index (χ0n) is 17.8. The van der Waals surface area contributed by atoms with Crippen molar-refractivity contribution < 1.29 is 19.0 Å². The molecule has 0 saturated heterocycles. The second-order valence-corrected chi connectivity index (χ2v) is 7.77. The van der Waals surface area contributed by atoms with Crippen LogP contribution in [0.3, 0.4) is 0 Å². The first-order valence-corrected chi connectivity index (χ1v) is 10.4. The second-order valence-electron chi connectivity index (χ2n) is 7.77. The number of benzene rings is 2. The molecule has 0 unspecified atom stereocenters. The molecule has 1 aliphatic carbocycles. The Morgan fingerprint density at radius 3 is 1.93 bits per heavy atom. The lowest BCUT2D eigenvalue weighted by Gasteiger charge is -2.37. The number of ether oxygens (including phenoxy) is 3. The van der Waals surface area contributed by atoms with Crippen LogP contribution in [0.4, 0.5) is 0 Å². The fourth-order valence-corrected chi connectivity index (χ4v) is 3.97. The summed E-state index contributed by atoms with van der Waals surface area (Å²) in [6, 6.07) is 13.3. The molecule has 1 fully saturated rings. The van der Waals surface area contributed by atoms with Gasteiger partial charge >= 0.3 is 0 Å². The molecule has 3 rings (SSSR count). The highest BCUT2D eigenvalue weighted by Gasteiger charge is 2.28. The minimum absolute atomic E-state index is 0.0986. The minimum Gasteiger partial charge on any atom is -0.496 e. The predicted molar refractivity (Wildman–Crippen MR) is 114 cm³/mol. The summed E-state index contributed by atoms with van der Waals surface area (Å²) in [6.45, 7) is 4.19. The molecule has 0 aliphatic heterocycles. The number of hydrogen-bond acceptors (Lipinski definition) is 4. The third kappa shape index (κ3) is 5.22. The van der Waals surface area contributed by atoms with E-state index >= 15 is 0 Å². The third-order valence-electron chi connectivity index (χ3n) is 5.42. The van der Waals surface area contributed by atoms with Crippen molar-refractivity contribution in [2.75, 3.05) is 14.2 Å². The van der Waals surface area contributed by atoms with Gasteiger partial charge in [0.15, 0.2) is 0 Å². The van der Waals surface area contributed by atoms with Gasteiger partial charge in [0.1, 0.15) is 23.0 Å². The Labute approximate surface area is 173 Å². The van der Waals surface area contributed by atoms with Crippen molar-refractivity contribution in [2.24, 2.45) is 0 Å². The van der Waals surface area contributed by atoms with E-state index in [0.29, 0.717) is 34.6 Å². The first-order chi connectivity index (χ1) is 14.0. The summed E-state index contributed by atoms with van der Waals surface area (Å²) in [5, 5.41) is 0. The molecule has 1 amide bonds. The van der Waals surface area contributed by atoms with Crippen molar-refractivity contribution >= 4 is 5.91 Å². The SMILES string of the molecule is COc1cc(OC)cc(Oc2ccc(C(=O)N(C(C)C)C3CCCCC3)cc2)c1. The van der Waals surface area contributed by atoms with Crippen LogP contribution in [0.5, 0.6) is 23.0 Å². The molecule has 2 aromatic carbocycles. The molecule has 0 atom stereocenters. The Hall–Kier alpha value is -2.69. The van der Waals surface area contributed by atoms with Crippen LogP contribution in [0, 0.1) is 0 Å². The standard InChI is InChI=1S/C24H31NO4/c1-17(2)25(19-8-6-5-7-9-19)24(26)18-10-12-20(13-11-18)29-23-15-21(27-3)14-22(16-23)28-4/h10-17,19H,5-9H2,1-4H3. The van der Waals surface area contributed by atoms with E-state index in [9.17, 15) is 4.79 Å². The molecule has 0 N–H and O–H groups in total. The van der Waals surface area contributed by atoms with Gasteiger partial charge in [0.05, 0.1) is 14.2 Å². The maximum atomic E-state index is 13.2. The molecule has 0 aromatic heterocycles. The normalized spacial score (nSPS) is 14.5. The molecule has 29 heavy (non-hydrogen) atoms. The molecule has 0 spiro atoms. The Kier molecular flexibility index (Phi) is 7.02. The van der Waals surface area contributed by atoms with Crippen LogP contribution in [0.25, 0.3) is 0 Å². The van der Waals surface area contributed by atoms with E-state index in [4.69, 9.17) is 14.2 Å². The quantitative estimate of drug-likeness (QED) is 0.603. The maximum Gasteiger partial charge on any atom is 0.254 e. The summed E-state index contributed by atoms with van der Waals surface area (Å²) in [7, 11) is 3.21. The number of hydrogen-bond donors (Lipinski definition) is 0. The molecule has 0 bridgehead atoms. The third-order valence-corrected chi connectivity index (χ3v) is 5.42. The van der Waals surface area contributed by atoms with Gasteiger partial charge < -0.3 is 19.1 Å². The van der Waals surface area contributed by atoms with Crippen LogP contribution in [0.2, 0.25) is 0 Å². The maximum absolute atomic E-state index is 13.2. The lowest BCUT2D eigenvalue weighted by Crippen LogP contribution is -2.45. The molecule has 5 nitrogen and oxygen atoms in total. The summed E-state index contributed by atoms with van der Waals surface area (Å²) >= 11 is 0. The van der Waals surface area contributed by atoms with E-state index < -0.39 is 0 Å². The zero-order valence-corrected chi connectivity index (χ0v) is 17.8. The summed E-state index contributed by atoms with van der Waals surface area (Å²) in [4.78, 5) is 15.2. The number of rotatable bonds is 7. The molecular formula is C24H31NO4. The molecule has 5 heteroatoms. The predicted octanol–water partition coefficient (Wildman–Crippen LogP) is 5.68. The number of nitrogens with zero attached hydrogens (tertiary/aromatic N) is 1. The van der Waals surface area contributed by atoms with Gasteiger partial charge in [-0.05, 0) is 51.0 Å². The molecule has 0 heterocycles. The van der Waals surface area contributed by atoms with Gasteiger partial charge in [0.25, 0.3) is 5.91 Å². The topological polar surface area (TPSA) is 48.0 Å². The first kappa shape index (κ1) is 21.0. The van der Waals surface area contributed by atoms with Crippen LogP contribution in [0.1, 0.15) is 56.3 Å². The van der Waals surface area contributed by atoms with Crippen molar-refractivity contribution in [3.8, 4) is 23.0 Å². The van der Waals surface area contributed by atoms with Gasteiger partial charge in [-0.2, -0.15) is 0 Å². The highest BCUT2D eigenvalue weighted by atomic mass is 16.5. The monoisotopic (exact) mass is 397 g/mol. The summed E-state index contributed by atoms with van der Waals surface area (Å²) < 4.78 is 16.5. The van der Waals surface area contributed by atoms with Gasteiger partial charge in [-0.1, -0.05) is 19.3 Å². The number of methoxy groups -OCH3 is 2. The van der Waals surface area contributed by atoms with Crippen LogP contribution < -0.4 is 14.2 Å². The van der Waals surface area contributed by atoms with Gasteiger partial charge in [0.2, 0.25) is 0 Å². The van der Waals surface area contributed by atoms with Crippen LogP contribution in [0.15, 0.2) is 42.5 Å². The van der Waals surface area contributed by atoms with Gasteiger partial charge in [-0.25, -0.2) is 0 Å². The fourth-order valence-electron chi connectivity index (χ4n) is 3.97. The van der Waals surface area contributed by atoms with Crippen molar-refractivity contribution in [3.05, 3.63) is 48.0 Å². The Morgan fingerprint density at radius 2 is 1.41 bits per heavy atom. The fraction of sp³-hybridized carbons (Fsp3) is 0.458. The molecule has 2 aromatic rings. The van der Waals surface area contributed by atoms with Crippen molar-refractivity contribution in [1.82, 2.24) is 4.90 Å². The smallest absolute Gasteiger partial charge is 0.254 e. The van der Waals surface area contributed by atoms with E-state index in [1.54, 1.807) is 32.4 Å². The summed E-state index contributed by atoms with van der Waals surface area (Å²) in [6.07, 6.45) is 5.89. The van der Waals surface area contributed by atoms with E-state index in [-0.39, 0.29) is 11.9 Å².